The monoisotopic (exact) mass is 95.0 g/mol. The Kier molecular flexibility index (Phi) is 0.785. The molecule has 0 unspecified atom stereocenters. The number of rotatable bonds is 1. The molecular weight excluding hydrogens is 90.1 g/mol. The van der Waals surface area contributed by atoms with Gasteiger partial charge in [0.25, 0.3) is 0 Å². The van der Waals surface area contributed by atoms with Gasteiger partial charge in [-0.15, -0.1) is 0 Å². The molecule has 7 heavy (non-hydrogen) atoms. The average molecular weight is 95.1 g/mol. The van der Waals surface area contributed by atoms with Crippen molar-refractivity contribution in [3.63, 3.8) is 0 Å². The first-order valence-corrected chi connectivity index (χ1v) is 2.06. The molecule has 0 spiro atoms. The van der Waals surface area contributed by atoms with Crippen LogP contribution in [0.5, 0.6) is 0 Å². The molecule has 0 aromatic heterocycles. The molecule has 0 N–H and O–H groups in total. The maximum atomic E-state index is 10.2. The lowest BCUT2D eigenvalue weighted by molar-refractivity contribution is -0.113. The number of aliphatic imine (C=N–C) groups is 1. The molecule has 0 saturated carbocycles. The highest BCUT2D eigenvalue weighted by atomic mass is 16.1. The van der Waals surface area contributed by atoms with Crippen LogP contribution in [0.2, 0.25) is 0 Å². The van der Waals surface area contributed by atoms with Crippen molar-refractivity contribution in [2.24, 2.45) is 4.99 Å². The van der Waals surface area contributed by atoms with Crippen molar-refractivity contribution in [2.75, 3.05) is 0 Å². The Bertz CT molecular complexity index is 155. The highest BCUT2D eigenvalue weighted by Gasteiger charge is 2.02. The molecule has 2 heteroatoms. The summed E-state index contributed by atoms with van der Waals surface area (Å²) in [5, 5.41) is 0. The third-order valence-electron chi connectivity index (χ3n) is 0.807. The molecule has 0 bridgehead atoms. The zero-order chi connectivity index (χ0) is 5.28. The Hall–Kier alpha value is -0.920. The normalized spacial score (nSPS) is 15.3. The number of allylic oxidation sites excluding steroid dienone is 2. The molecule has 1 aliphatic rings. The van der Waals surface area contributed by atoms with Crippen LogP contribution in [0.3, 0.4) is 0 Å². The topological polar surface area (TPSA) is 29.4 Å². The first kappa shape index (κ1) is 4.24. The average Bonchev–Trinajstić information content (AvgIpc) is 1.23. The lowest BCUT2D eigenvalue weighted by Crippen LogP contribution is -1.99. The molecule has 0 aromatic rings. The van der Waals surface area contributed by atoms with E-state index in [4.69, 9.17) is 0 Å². The number of hydrogen-bond donors (Lipinski definition) is 0. The van der Waals surface area contributed by atoms with Crippen LogP contribution in [0, 0.1) is 0 Å². The molecule has 1 rings (SSSR count). The molecule has 0 saturated heterocycles. The van der Waals surface area contributed by atoms with Crippen LogP contribution in [0.15, 0.2) is 16.8 Å². The highest BCUT2D eigenvalue weighted by Crippen LogP contribution is 2.02. The standard InChI is InChI=1S/C5H5NO/c1-4(7)5-2-3-6-5/h2-3H,1H3. The quantitative estimate of drug-likeness (QED) is 0.467. The van der Waals surface area contributed by atoms with Gasteiger partial charge in [0, 0.05) is 13.1 Å². The minimum Gasteiger partial charge on any atom is -0.293 e. The van der Waals surface area contributed by atoms with Crippen LogP contribution >= 0.6 is 0 Å². The van der Waals surface area contributed by atoms with E-state index in [1.165, 1.54) is 6.92 Å². The number of Topliss-reactive ketones (excluding diaryl/α,β-unsaturated/α-hetero) is 1. The lowest BCUT2D eigenvalue weighted by Gasteiger charge is -1.97. The van der Waals surface area contributed by atoms with Gasteiger partial charge in [0.05, 0.1) is 0 Å². The van der Waals surface area contributed by atoms with Crippen LogP contribution in [0.25, 0.3) is 0 Å². The summed E-state index contributed by atoms with van der Waals surface area (Å²) in [4.78, 5) is 13.9. The lowest BCUT2D eigenvalue weighted by atomic mass is 10.2. The summed E-state index contributed by atoms with van der Waals surface area (Å²) < 4.78 is 0. The van der Waals surface area contributed by atoms with Gasteiger partial charge in [0.15, 0.2) is 5.78 Å². The van der Waals surface area contributed by atoms with Gasteiger partial charge in [-0.3, -0.25) is 9.79 Å². The fourth-order valence-electron chi connectivity index (χ4n) is 0.357. The predicted octanol–water partition coefficient (Wildman–Crippen LogP) is 0.544. The van der Waals surface area contributed by atoms with Crippen molar-refractivity contribution in [3.8, 4) is 0 Å². The van der Waals surface area contributed by atoms with Crippen molar-refractivity contribution in [1.29, 1.82) is 0 Å². The van der Waals surface area contributed by atoms with Gasteiger partial charge >= 0.3 is 0 Å². The second-order valence-corrected chi connectivity index (χ2v) is 1.39. The number of carbonyl (C=O) groups is 1. The van der Waals surface area contributed by atoms with E-state index < -0.39 is 0 Å². The van der Waals surface area contributed by atoms with Crippen LogP contribution in [-0.2, 0) is 4.79 Å². The van der Waals surface area contributed by atoms with Gasteiger partial charge in [-0.25, -0.2) is 0 Å². The van der Waals surface area contributed by atoms with Crippen molar-refractivity contribution >= 4 is 12.0 Å². The van der Waals surface area contributed by atoms with Crippen LogP contribution in [0.4, 0.5) is 0 Å². The summed E-state index contributed by atoms with van der Waals surface area (Å²) >= 11 is 0. The van der Waals surface area contributed by atoms with Crippen molar-refractivity contribution in [2.45, 2.75) is 6.92 Å². The zero-order valence-electron chi connectivity index (χ0n) is 4.01. The summed E-state index contributed by atoms with van der Waals surface area (Å²) in [7, 11) is 0. The van der Waals surface area contributed by atoms with Gasteiger partial charge in [-0.1, -0.05) is 0 Å². The smallest absolute Gasteiger partial charge is 0.178 e. The van der Waals surface area contributed by atoms with Gasteiger partial charge in [0.1, 0.15) is 5.70 Å². The third kappa shape index (κ3) is 0.585. The molecule has 36 valence electrons. The molecule has 1 aliphatic heterocycles. The SMILES string of the molecule is CC(=O)C1=CC=N1. The van der Waals surface area contributed by atoms with Crippen LogP contribution in [-0.4, -0.2) is 12.0 Å². The predicted molar refractivity (Wildman–Crippen MR) is 27.3 cm³/mol. The Labute approximate surface area is 41.6 Å². The molecule has 2 nitrogen and oxygen atoms in total. The first-order valence-electron chi connectivity index (χ1n) is 2.06. The molecule has 0 atom stereocenters. The van der Waals surface area contributed by atoms with Crippen LogP contribution in [0.1, 0.15) is 6.92 Å². The highest BCUT2D eigenvalue weighted by molar-refractivity contribution is 6.02. The molecule has 0 radical (unpaired) electrons. The number of carbonyl (C=O) groups excluding carboxylic acids is 1. The number of hydrogen-bond acceptors (Lipinski definition) is 2. The first-order chi connectivity index (χ1) is 3.30. The molecule has 0 aromatic carbocycles. The summed E-state index contributed by atoms with van der Waals surface area (Å²) in [6.07, 6.45) is 3.30. The van der Waals surface area contributed by atoms with E-state index in [9.17, 15) is 4.79 Å². The van der Waals surface area contributed by atoms with E-state index in [2.05, 4.69) is 4.99 Å². The van der Waals surface area contributed by atoms with E-state index in [0.29, 0.717) is 5.70 Å². The molecule has 0 amide bonds. The minimum absolute atomic E-state index is 0.0440. The second kappa shape index (κ2) is 1.30. The molecule has 0 fully saturated rings. The third-order valence-corrected chi connectivity index (χ3v) is 0.807. The Morgan fingerprint density at radius 3 is 2.43 bits per heavy atom. The summed E-state index contributed by atoms with van der Waals surface area (Å²) in [5.41, 5.74) is 0.583. The molecular formula is C5H5NO. The second-order valence-electron chi connectivity index (χ2n) is 1.39. The molecule has 0 aliphatic carbocycles. The summed E-state index contributed by atoms with van der Waals surface area (Å²) in [5.74, 6) is 0.0440. The van der Waals surface area contributed by atoms with E-state index in [-0.39, 0.29) is 5.78 Å². The number of ketones is 1. The van der Waals surface area contributed by atoms with E-state index in [1.807, 2.05) is 0 Å². The Balaban J connectivity index is 2.60. The fraction of sp³-hybridized carbons (Fsp3) is 0.200. The minimum atomic E-state index is 0.0440. The number of nitrogens with zero attached hydrogens (tertiary/aromatic N) is 1. The van der Waals surface area contributed by atoms with E-state index in [1.54, 1.807) is 12.3 Å². The van der Waals surface area contributed by atoms with Gasteiger partial charge in [0.2, 0.25) is 0 Å². The Morgan fingerprint density at radius 2 is 2.43 bits per heavy atom. The van der Waals surface area contributed by atoms with Crippen molar-refractivity contribution in [1.82, 2.24) is 0 Å². The van der Waals surface area contributed by atoms with E-state index >= 15 is 0 Å². The summed E-state index contributed by atoms with van der Waals surface area (Å²) in [6.45, 7) is 1.50. The van der Waals surface area contributed by atoms with Gasteiger partial charge in [-0.05, 0) is 6.08 Å². The largest absolute Gasteiger partial charge is 0.293 e. The van der Waals surface area contributed by atoms with Gasteiger partial charge < -0.3 is 0 Å². The van der Waals surface area contributed by atoms with Crippen molar-refractivity contribution < 1.29 is 4.79 Å². The van der Waals surface area contributed by atoms with Crippen molar-refractivity contribution in [3.05, 3.63) is 11.8 Å². The summed E-state index contributed by atoms with van der Waals surface area (Å²) in [6, 6.07) is 0. The fourth-order valence-corrected chi connectivity index (χ4v) is 0.357. The Morgan fingerprint density at radius 1 is 1.86 bits per heavy atom. The molecule has 1 heterocycles. The zero-order valence-corrected chi connectivity index (χ0v) is 4.01. The van der Waals surface area contributed by atoms with Gasteiger partial charge in [-0.2, -0.15) is 0 Å². The van der Waals surface area contributed by atoms with Crippen LogP contribution < -0.4 is 0 Å². The maximum absolute atomic E-state index is 10.2. The maximum Gasteiger partial charge on any atom is 0.178 e. The van der Waals surface area contributed by atoms with E-state index in [0.717, 1.165) is 0 Å².